The van der Waals surface area contributed by atoms with Gasteiger partial charge in [-0.1, -0.05) is 19.4 Å². The van der Waals surface area contributed by atoms with Gasteiger partial charge >= 0.3 is 0 Å². The number of unbranched alkanes of at least 4 members (excludes halogenated alkanes) is 1. The molecule has 0 aromatic rings. The first-order valence-electron chi connectivity index (χ1n) is 5.77. The minimum absolute atomic E-state index is 0.318. The molecule has 2 nitrogen and oxygen atoms in total. The van der Waals surface area contributed by atoms with E-state index >= 15 is 0 Å². The third kappa shape index (κ3) is 8.27. The summed E-state index contributed by atoms with van der Waals surface area (Å²) in [6, 6.07) is 0. The Balaban J connectivity index is 3.34. The Hall–Kier alpha value is -0.340. The zero-order chi connectivity index (χ0) is 10.6. The largest absolute Gasteiger partial charge is 0.396 e. The molecule has 0 rings (SSSR count). The van der Waals surface area contributed by atoms with Crippen molar-refractivity contribution in [1.82, 2.24) is 5.32 Å². The predicted octanol–water partition coefficient (Wildman–Crippen LogP) is 2.34. The molecular formula is C12H25NO. The van der Waals surface area contributed by atoms with Crippen LogP contribution in [-0.4, -0.2) is 24.8 Å². The van der Waals surface area contributed by atoms with Gasteiger partial charge in [0.1, 0.15) is 0 Å². The van der Waals surface area contributed by atoms with Crippen molar-refractivity contribution < 1.29 is 5.11 Å². The van der Waals surface area contributed by atoms with Crippen LogP contribution in [0.2, 0.25) is 0 Å². The van der Waals surface area contributed by atoms with Gasteiger partial charge in [0, 0.05) is 6.61 Å². The number of rotatable bonds is 10. The number of nitrogens with one attached hydrogen (secondary N) is 1. The summed E-state index contributed by atoms with van der Waals surface area (Å²) in [6.45, 7) is 8.32. The van der Waals surface area contributed by atoms with Crippen LogP contribution in [0.25, 0.3) is 0 Å². The van der Waals surface area contributed by atoms with Crippen LogP contribution < -0.4 is 5.32 Å². The molecule has 1 unspecified atom stereocenters. The highest BCUT2D eigenvalue weighted by Gasteiger charge is 2.05. The summed E-state index contributed by atoms with van der Waals surface area (Å²) in [7, 11) is 0. The normalized spacial score (nSPS) is 12.7. The molecule has 0 aromatic heterocycles. The molecule has 2 heteroatoms. The first-order chi connectivity index (χ1) is 6.85. The van der Waals surface area contributed by atoms with Crippen molar-refractivity contribution in [3.8, 4) is 0 Å². The molecule has 1 atom stereocenters. The Morgan fingerprint density at radius 1 is 1.43 bits per heavy atom. The zero-order valence-corrected chi connectivity index (χ0v) is 9.47. The Bertz CT molecular complexity index is 119. The second-order valence-corrected chi connectivity index (χ2v) is 3.80. The molecule has 2 N–H and O–H groups in total. The van der Waals surface area contributed by atoms with Gasteiger partial charge < -0.3 is 10.4 Å². The van der Waals surface area contributed by atoms with E-state index in [2.05, 4.69) is 18.8 Å². The Morgan fingerprint density at radius 2 is 2.21 bits per heavy atom. The van der Waals surface area contributed by atoms with E-state index in [1.54, 1.807) is 0 Å². The monoisotopic (exact) mass is 199 g/mol. The van der Waals surface area contributed by atoms with Crippen molar-refractivity contribution in [2.45, 2.75) is 39.0 Å². The standard InChI is InChI=1S/C12H25NO/c1-3-5-6-9-13-11-12(7-4-2)8-10-14/h3,12-14H,1,4-11H2,2H3. The van der Waals surface area contributed by atoms with Crippen molar-refractivity contribution in [3.05, 3.63) is 12.7 Å². The molecule has 0 spiro atoms. The van der Waals surface area contributed by atoms with Crippen molar-refractivity contribution in [1.29, 1.82) is 0 Å². The highest BCUT2D eigenvalue weighted by atomic mass is 16.3. The quantitative estimate of drug-likeness (QED) is 0.418. The maximum Gasteiger partial charge on any atom is 0.0434 e. The summed E-state index contributed by atoms with van der Waals surface area (Å²) in [5, 5.41) is 12.3. The van der Waals surface area contributed by atoms with E-state index < -0.39 is 0 Å². The van der Waals surface area contributed by atoms with Gasteiger partial charge in [0.25, 0.3) is 0 Å². The third-order valence-corrected chi connectivity index (χ3v) is 2.43. The van der Waals surface area contributed by atoms with E-state index in [1.165, 1.54) is 19.3 Å². The van der Waals surface area contributed by atoms with E-state index in [1.807, 2.05) is 6.08 Å². The molecule has 0 bridgehead atoms. The van der Waals surface area contributed by atoms with Crippen molar-refractivity contribution in [2.75, 3.05) is 19.7 Å². The fraction of sp³-hybridized carbons (Fsp3) is 0.833. The molecule has 0 aliphatic carbocycles. The van der Waals surface area contributed by atoms with Crippen molar-refractivity contribution in [2.24, 2.45) is 5.92 Å². The second-order valence-electron chi connectivity index (χ2n) is 3.80. The lowest BCUT2D eigenvalue weighted by Crippen LogP contribution is -2.24. The SMILES string of the molecule is C=CCCCNCC(CCC)CCO. The number of hydrogen-bond donors (Lipinski definition) is 2. The molecule has 0 saturated carbocycles. The molecule has 0 saturated heterocycles. The lowest BCUT2D eigenvalue weighted by molar-refractivity contribution is 0.248. The van der Waals surface area contributed by atoms with Gasteiger partial charge in [0.2, 0.25) is 0 Å². The topological polar surface area (TPSA) is 32.3 Å². The maximum absolute atomic E-state index is 8.86. The van der Waals surface area contributed by atoms with Gasteiger partial charge in [-0.3, -0.25) is 0 Å². The predicted molar refractivity (Wildman–Crippen MR) is 62.4 cm³/mol. The Labute approximate surface area is 88.4 Å². The van der Waals surface area contributed by atoms with Gasteiger partial charge in [0.15, 0.2) is 0 Å². The first kappa shape index (κ1) is 13.7. The average molecular weight is 199 g/mol. The van der Waals surface area contributed by atoms with Crippen LogP contribution in [0.15, 0.2) is 12.7 Å². The lowest BCUT2D eigenvalue weighted by Gasteiger charge is -2.15. The average Bonchev–Trinajstić information content (AvgIpc) is 2.18. The fourth-order valence-electron chi connectivity index (χ4n) is 1.62. The lowest BCUT2D eigenvalue weighted by atomic mass is 10.0. The van der Waals surface area contributed by atoms with Gasteiger partial charge in [-0.2, -0.15) is 0 Å². The van der Waals surface area contributed by atoms with Crippen LogP contribution in [0.3, 0.4) is 0 Å². The maximum atomic E-state index is 8.86. The van der Waals surface area contributed by atoms with Crippen LogP contribution >= 0.6 is 0 Å². The highest BCUT2D eigenvalue weighted by molar-refractivity contribution is 4.67. The van der Waals surface area contributed by atoms with E-state index in [-0.39, 0.29) is 0 Å². The van der Waals surface area contributed by atoms with E-state index in [0.29, 0.717) is 12.5 Å². The van der Waals surface area contributed by atoms with Crippen molar-refractivity contribution in [3.63, 3.8) is 0 Å². The minimum atomic E-state index is 0.318. The number of allylic oxidation sites excluding steroid dienone is 1. The molecule has 0 heterocycles. The van der Waals surface area contributed by atoms with Crippen LogP contribution in [0.1, 0.15) is 39.0 Å². The summed E-state index contributed by atoms with van der Waals surface area (Å²) in [4.78, 5) is 0. The van der Waals surface area contributed by atoms with Gasteiger partial charge in [-0.25, -0.2) is 0 Å². The fourth-order valence-corrected chi connectivity index (χ4v) is 1.62. The molecule has 0 fully saturated rings. The third-order valence-electron chi connectivity index (χ3n) is 2.43. The van der Waals surface area contributed by atoms with Crippen LogP contribution in [0, 0.1) is 5.92 Å². The van der Waals surface area contributed by atoms with E-state index in [4.69, 9.17) is 5.11 Å². The molecule has 0 amide bonds. The van der Waals surface area contributed by atoms with Crippen LogP contribution in [-0.2, 0) is 0 Å². The molecule has 0 aliphatic heterocycles. The second kappa shape index (κ2) is 10.7. The minimum Gasteiger partial charge on any atom is -0.396 e. The zero-order valence-electron chi connectivity index (χ0n) is 9.47. The smallest absolute Gasteiger partial charge is 0.0434 e. The van der Waals surface area contributed by atoms with Crippen molar-refractivity contribution >= 4 is 0 Å². The number of aliphatic hydroxyl groups is 1. The summed E-state index contributed by atoms with van der Waals surface area (Å²) in [5.74, 6) is 0.647. The summed E-state index contributed by atoms with van der Waals surface area (Å²) >= 11 is 0. The van der Waals surface area contributed by atoms with E-state index in [0.717, 1.165) is 25.9 Å². The molecule has 0 aliphatic rings. The van der Waals surface area contributed by atoms with E-state index in [9.17, 15) is 0 Å². The highest BCUT2D eigenvalue weighted by Crippen LogP contribution is 2.09. The van der Waals surface area contributed by atoms with Gasteiger partial charge in [-0.05, 0) is 44.7 Å². The summed E-state index contributed by atoms with van der Waals surface area (Å²) < 4.78 is 0. The molecule has 0 aromatic carbocycles. The first-order valence-corrected chi connectivity index (χ1v) is 5.77. The Kier molecular flexibility index (Phi) is 10.5. The molecule has 14 heavy (non-hydrogen) atoms. The number of aliphatic hydroxyl groups excluding tert-OH is 1. The van der Waals surface area contributed by atoms with Crippen LogP contribution in [0.5, 0.6) is 0 Å². The van der Waals surface area contributed by atoms with Gasteiger partial charge in [0.05, 0.1) is 0 Å². The van der Waals surface area contributed by atoms with Gasteiger partial charge in [-0.15, -0.1) is 6.58 Å². The molecular weight excluding hydrogens is 174 g/mol. The summed E-state index contributed by atoms with van der Waals surface area (Å²) in [5.41, 5.74) is 0. The number of hydrogen-bond acceptors (Lipinski definition) is 2. The Morgan fingerprint density at radius 3 is 2.79 bits per heavy atom. The summed E-state index contributed by atoms with van der Waals surface area (Å²) in [6.07, 6.45) is 7.57. The van der Waals surface area contributed by atoms with Crippen LogP contribution in [0.4, 0.5) is 0 Å². The molecule has 84 valence electrons. The molecule has 0 radical (unpaired) electrons.